The van der Waals surface area contributed by atoms with E-state index in [2.05, 4.69) is 21.2 Å². The van der Waals surface area contributed by atoms with E-state index in [-0.39, 0.29) is 19.2 Å². The highest BCUT2D eigenvalue weighted by atomic mass is 79.9. The van der Waals surface area contributed by atoms with Crippen molar-refractivity contribution in [2.75, 3.05) is 13.3 Å². The molecule has 6 heteroatoms. The van der Waals surface area contributed by atoms with Crippen LogP contribution in [-0.4, -0.2) is 19.2 Å². The Labute approximate surface area is 101 Å². The third-order valence-electron chi connectivity index (χ3n) is 2.16. The van der Waals surface area contributed by atoms with Gasteiger partial charge in [0.1, 0.15) is 0 Å². The molecule has 0 spiro atoms. The van der Waals surface area contributed by atoms with Crippen LogP contribution < -0.4 is 20.5 Å². The van der Waals surface area contributed by atoms with Gasteiger partial charge in [0.2, 0.25) is 12.7 Å². The number of carbonyl (C=O) groups excluding carboxylic acids is 1. The largest absolute Gasteiger partial charge is 0.454 e. The van der Waals surface area contributed by atoms with Crippen LogP contribution in [0.4, 0.5) is 0 Å². The number of hydrogen-bond donors (Lipinski definition) is 2. The highest BCUT2D eigenvalue weighted by Gasteiger charge is 2.15. The summed E-state index contributed by atoms with van der Waals surface area (Å²) in [5.74, 6) is 1.07. The van der Waals surface area contributed by atoms with Crippen molar-refractivity contribution in [1.82, 2.24) is 5.32 Å². The normalized spacial score (nSPS) is 12.8. The van der Waals surface area contributed by atoms with Gasteiger partial charge in [-0.25, -0.2) is 0 Å². The SMILES string of the molecule is NC(=O)CNCc1cc2c(cc1Br)OCO2. The van der Waals surface area contributed by atoms with E-state index in [0.29, 0.717) is 6.54 Å². The van der Waals surface area contributed by atoms with Crippen LogP contribution in [0.1, 0.15) is 5.56 Å². The minimum absolute atomic E-state index is 0.154. The molecule has 1 aromatic rings. The number of benzene rings is 1. The quantitative estimate of drug-likeness (QED) is 0.857. The molecule has 86 valence electrons. The van der Waals surface area contributed by atoms with Gasteiger partial charge >= 0.3 is 0 Å². The first kappa shape index (κ1) is 11.2. The number of primary amides is 1. The summed E-state index contributed by atoms with van der Waals surface area (Å²) in [6, 6.07) is 3.73. The van der Waals surface area contributed by atoms with Crippen molar-refractivity contribution in [2.45, 2.75) is 6.54 Å². The summed E-state index contributed by atoms with van der Waals surface area (Å²) >= 11 is 3.43. The summed E-state index contributed by atoms with van der Waals surface area (Å²) in [6.45, 7) is 0.945. The summed E-state index contributed by atoms with van der Waals surface area (Å²) in [5, 5.41) is 2.93. The number of fused-ring (bicyclic) bond motifs is 1. The van der Waals surface area contributed by atoms with Crippen molar-refractivity contribution in [1.29, 1.82) is 0 Å². The summed E-state index contributed by atoms with van der Waals surface area (Å²) in [4.78, 5) is 10.6. The van der Waals surface area contributed by atoms with Gasteiger partial charge in [-0.3, -0.25) is 4.79 Å². The number of amides is 1. The van der Waals surface area contributed by atoms with Crippen LogP contribution in [0.5, 0.6) is 11.5 Å². The van der Waals surface area contributed by atoms with Crippen molar-refractivity contribution in [3.63, 3.8) is 0 Å². The van der Waals surface area contributed by atoms with Crippen LogP contribution in [-0.2, 0) is 11.3 Å². The highest BCUT2D eigenvalue weighted by molar-refractivity contribution is 9.10. The lowest BCUT2D eigenvalue weighted by atomic mass is 10.2. The molecule has 0 radical (unpaired) electrons. The molecule has 0 aromatic heterocycles. The second-order valence-electron chi connectivity index (χ2n) is 3.37. The van der Waals surface area contributed by atoms with Gasteiger partial charge in [-0.2, -0.15) is 0 Å². The maximum Gasteiger partial charge on any atom is 0.231 e. The molecule has 5 nitrogen and oxygen atoms in total. The van der Waals surface area contributed by atoms with E-state index < -0.39 is 0 Å². The molecule has 0 saturated heterocycles. The fourth-order valence-corrected chi connectivity index (χ4v) is 1.88. The zero-order chi connectivity index (χ0) is 11.5. The number of rotatable bonds is 4. The molecule has 2 rings (SSSR count). The first-order valence-corrected chi connectivity index (χ1v) is 5.53. The zero-order valence-corrected chi connectivity index (χ0v) is 10.0. The Kier molecular flexibility index (Phi) is 3.31. The third-order valence-corrected chi connectivity index (χ3v) is 2.89. The van der Waals surface area contributed by atoms with Crippen molar-refractivity contribution >= 4 is 21.8 Å². The van der Waals surface area contributed by atoms with Gasteiger partial charge in [0.15, 0.2) is 11.5 Å². The smallest absolute Gasteiger partial charge is 0.231 e. The van der Waals surface area contributed by atoms with Crippen molar-refractivity contribution < 1.29 is 14.3 Å². The van der Waals surface area contributed by atoms with Gasteiger partial charge in [-0.05, 0) is 17.7 Å². The monoisotopic (exact) mass is 286 g/mol. The Morgan fingerprint density at radius 3 is 2.81 bits per heavy atom. The first-order valence-electron chi connectivity index (χ1n) is 4.74. The van der Waals surface area contributed by atoms with Gasteiger partial charge in [-0.15, -0.1) is 0 Å². The number of halogens is 1. The van der Waals surface area contributed by atoms with Crippen LogP contribution in [0.3, 0.4) is 0 Å². The molecule has 0 saturated carbocycles. The van der Waals surface area contributed by atoms with Gasteiger partial charge < -0.3 is 20.5 Å². The number of nitrogens with two attached hydrogens (primary N) is 1. The molecule has 0 bridgehead atoms. The highest BCUT2D eigenvalue weighted by Crippen LogP contribution is 2.36. The molecule has 1 aliphatic heterocycles. The van der Waals surface area contributed by atoms with E-state index >= 15 is 0 Å². The van der Waals surface area contributed by atoms with E-state index in [4.69, 9.17) is 15.2 Å². The van der Waals surface area contributed by atoms with Crippen LogP contribution >= 0.6 is 15.9 Å². The number of ether oxygens (including phenoxy) is 2. The van der Waals surface area contributed by atoms with Crippen LogP contribution in [0, 0.1) is 0 Å². The van der Waals surface area contributed by atoms with E-state index in [1.165, 1.54) is 0 Å². The van der Waals surface area contributed by atoms with Gasteiger partial charge in [0, 0.05) is 11.0 Å². The predicted octanol–water partition coefficient (Wildman–Crippen LogP) is 0.753. The minimum Gasteiger partial charge on any atom is -0.454 e. The Hall–Kier alpha value is -1.27. The standard InChI is InChI=1S/C10H11BrN2O3/c11-7-2-9-8(15-5-16-9)1-6(7)3-13-4-10(12)14/h1-2,13H,3-5H2,(H2,12,14). The molecule has 3 N–H and O–H groups in total. The zero-order valence-electron chi connectivity index (χ0n) is 8.46. The second-order valence-corrected chi connectivity index (χ2v) is 4.22. The molecule has 1 heterocycles. The third kappa shape index (κ3) is 2.45. The topological polar surface area (TPSA) is 73.6 Å². The van der Waals surface area contributed by atoms with Gasteiger partial charge in [-0.1, -0.05) is 15.9 Å². The van der Waals surface area contributed by atoms with Gasteiger partial charge in [0.05, 0.1) is 6.54 Å². The van der Waals surface area contributed by atoms with Gasteiger partial charge in [0.25, 0.3) is 0 Å². The minimum atomic E-state index is -0.378. The van der Waals surface area contributed by atoms with E-state index in [0.717, 1.165) is 21.5 Å². The first-order chi connectivity index (χ1) is 7.66. The van der Waals surface area contributed by atoms with Crippen LogP contribution in [0.25, 0.3) is 0 Å². The molecular weight excluding hydrogens is 276 g/mol. The Morgan fingerprint density at radius 2 is 2.12 bits per heavy atom. The molecule has 1 amide bonds. The number of nitrogens with one attached hydrogen (secondary N) is 1. The molecule has 16 heavy (non-hydrogen) atoms. The average molecular weight is 287 g/mol. The van der Waals surface area contributed by atoms with E-state index in [9.17, 15) is 4.79 Å². The lowest BCUT2D eigenvalue weighted by Crippen LogP contribution is -2.28. The Bertz CT molecular complexity index is 423. The lowest BCUT2D eigenvalue weighted by molar-refractivity contribution is -0.117. The predicted molar refractivity (Wildman–Crippen MR) is 61.2 cm³/mol. The summed E-state index contributed by atoms with van der Waals surface area (Å²) in [5.41, 5.74) is 6.02. The number of carbonyl (C=O) groups is 1. The summed E-state index contributed by atoms with van der Waals surface area (Å²) < 4.78 is 11.4. The Balaban J connectivity index is 2.06. The second kappa shape index (κ2) is 4.71. The van der Waals surface area contributed by atoms with Crippen molar-refractivity contribution in [3.8, 4) is 11.5 Å². The van der Waals surface area contributed by atoms with Crippen molar-refractivity contribution in [2.24, 2.45) is 5.73 Å². The molecule has 0 fully saturated rings. The van der Waals surface area contributed by atoms with E-state index in [1.54, 1.807) is 0 Å². The summed E-state index contributed by atoms with van der Waals surface area (Å²) in [7, 11) is 0. The molecule has 0 aliphatic carbocycles. The van der Waals surface area contributed by atoms with Crippen LogP contribution in [0.15, 0.2) is 16.6 Å². The molecule has 0 atom stereocenters. The average Bonchev–Trinajstić information content (AvgIpc) is 2.64. The molecular formula is C10H11BrN2O3. The van der Waals surface area contributed by atoms with E-state index in [1.807, 2.05) is 12.1 Å². The lowest BCUT2D eigenvalue weighted by Gasteiger charge is -2.06. The van der Waals surface area contributed by atoms with Crippen molar-refractivity contribution in [3.05, 3.63) is 22.2 Å². The maximum absolute atomic E-state index is 10.6. The Morgan fingerprint density at radius 1 is 1.44 bits per heavy atom. The van der Waals surface area contributed by atoms with Crippen LogP contribution in [0.2, 0.25) is 0 Å². The fourth-order valence-electron chi connectivity index (χ4n) is 1.42. The molecule has 1 aliphatic rings. The molecule has 0 unspecified atom stereocenters. The number of hydrogen-bond acceptors (Lipinski definition) is 4. The summed E-state index contributed by atoms with van der Waals surface area (Å²) in [6.07, 6.45) is 0. The maximum atomic E-state index is 10.6. The molecule has 1 aromatic carbocycles. The fraction of sp³-hybridized carbons (Fsp3) is 0.300.